The first-order valence-corrected chi connectivity index (χ1v) is 16.0. The van der Waals surface area contributed by atoms with Crippen molar-refractivity contribution in [3.8, 4) is 5.75 Å². The van der Waals surface area contributed by atoms with E-state index in [1.165, 1.54) is 0 Å². The molecule has 0 unspecified atom stereocenters. The zero-order valence-corrected chi connectivity index (χ0v) is 28.7. The maximum atomic E-state index is 13.6. The Morgan fingerprint density at radius 2 is 1.61 bits per heavy atom. The Morgan fingerprint density at radius 3 is 2.24 bits per heavy atom. The zero-order valence-electron chi connectivity index (χ0n) is 28.7. The minimum absolute atomic E-state index is 0.0743. The number of unbranched alkanes of at least 4 members (excludes halogenated alkanes) is 1. The Kier molecular flexibility index (Phi) is 15.3. The molecule has 1 aromatic carbocycles. The molecule has 0 fully saturated rings. The van der Waals surface area contributed by atoms with Crippen molar-refractivity contribution in [2.45, 2.75) is 110 Å². The standard InChI is InChI=1S/C34H54N4O8/c1-23(2)28-22-43-19-11-12-20-44-25-16-14-24(15-17-25)21-27(29(39)36-28)38-31(41)37-26(30(40)45-33(3,4)5)13-9-10-18-35-32(42)46-34(6,7)8/h11-12,14-17,23,26-28H,9-10,13,18-22H2,1-8H3,(H,35,42)(H,36,39)(H2,37,38,41)/b12-11-/t26-,27+,28+/m0/s1. The van der Waals surface area contributed by atoms with Crippen molar-refractivity contribution in [1.29, 1.82) is 0 Å². The van der Waals surface area contributed by atoms with E-state index < -0.39 is 41.4 Å². The molecule has 4 N–H and O–H groups in total. The minimum atomic E-state index is -0.976. The Morgan fingerprint density at radius 1 is 0.957 bits per heavy atom. The molecular formula is C34H54N4O8. The van der Waals surface area contributed by atoms with Crippen LogP contribution >= 0.6 is 0 Å². The van der Waals surface area contributed by atoms with Crippen molar-refractivity contribution in [2.24, 2.45) is 5.92 Å². The summed E-state index contributed by atoms with van der Waals surface area (Å²) < 4.78 is 22.3. The van der Waals surface area contributed by atoms with E-state index in [2.05, 4.69) is 21.3 Å². The summed E-state index contributed by atoms with van der Waals surface area (Å²) in [5, 5.41) is 11.2. The molecule has 0 saturated heterocycles. The number of nitrogens with one attached hydrogen (secondary N) is 4. The van der Waals surface area contributed by atoms with Crippen LogP contribution < -0.4 is 26.0 Å². The normalized spacial score (nSPS) is 19.3. The summed E-state index contributed by atoms with van der Waals surface area (Å²) in [5.74, 6) is -0.214. The minimum Gasteiger partial charge on any atom is -0.490 e. The van der Waals surface area contributed by atoms with Crippen molar-refractivity contribution in [2.75, 3.05) is 26.4 Å². The van der Waals surface area contributed by atoms with Gasteiger partial charge in [0.25, 0.3) is 0 Å². The van der Waals surface area contributed by atoms with E-state index in [0.29, 0.717) is 45.0 Å². The molecule has 0 radical (unpaired) electrons. The number of hydrogen-bond acceptors (Lipinski definition) is 8. The van der Waals surface area contributed by atoms with Crippen LogP contribution in [0, 0.1) is 5.92 Å². The van der Waals surface area contributed by atoms with Gasteiger partial charge in [0.15, 0.2) is 0 Å². The van der Waals surface area contributed by atoms with E-state index in [1.807, 2.05) is 50.3 Å². The molecule has 4 amide bonds. The Bertz CT molecular complexity index is 1160. The van der Waals surface area contributed by atoms with Crippen LogP contribution in [-0.2, 0) is 30.2 Å². The summed E-state index contributed by atoms with van der Waals surface area (Å²) in [4.78, 5) is 51.9. The number of carbonyl (C=O) groups is 4. The third kappa shape index (κ3) is 16.0. The Labute approximate surface area is 273 Å². The van der Waals surface area contributed by atoms with Crippen LogP contribution in [0.1, 0.15) is 80.2 Å². The number of hydrogen-bond donors (Lipinski definition) is 4. The summed E-state index contributed by atoms with van der Waals surface area (Å²) in [6.07, 6.45) is 4.74. The molecule has 0 aromatic heterocycles. The Hall–Kier alpha value is -3.80. The Balaban J connectivity index is 2.15. The molecule has 2 heterocycles. The van der Waals surface area contributed by atoms with Gasteiger partial charge in [-0.3, -0.25) is 4.79 Å². The third-order valence-electron chi connectivity index (χ3n) is 6.73. The molecule has 2 bridgehead atoms. The summed E-state index contributed by atoms with van der Waals surface area (Å²) in [6.45, 7) is 16.0. The van der Waals surface area contributed by atoms with Crippen LogP contribution in [0.4, 0.5) is 9.59 Å². The molecule has 3 rings (SSSR count). The van der Waals surface area contributed by atoms with E-state index in [9.17, 15) is 19.2 Å². The van der Waals surface area contributed by atoms with Crippen LogP contribution in [0.2, 0.25) is 0 Å². The first kappa shape index (κ1) is 38.4. The second kappa shape index (κ2) is 18.4. The van der Waals surface area contributed by atoms with Crippen molar-refractivity contribution in [3.63, 3.8) is 0 Å². The van der Waals surface area contributed by atoms with Gasteiger partial charge < -0.3 is 40.2 Å². The summed E-state index contributed by atoms with van der Waals surface area (Å²) >= 11 is 0. The van der Waals surface area contributed by atoms with Crippen LogP contribution in [0.3, 0.4) is 0 Å². The SMILES string of the molecule is CC(C)[C@H]1COC/C=C\COc2ccc(cc2)C[C@@H](NC(=O)N[C@@H](CCCCNC(=O)OC(C)(C)C)C(=O)OC(C)(C)C)C(=O)N1. The zero-order chi connectivity index (χ0) is 34.3. The molecule has 0 spiro atoms. The lowest BCUT2D eigenvalue weighted by Gasteiger charge is -2.27. The number of fused-ring (bicyclic) bond motifs is 12. The molecule has 46 heavy (non-hydrogen) atoms. The number of alkyl carbamates (subject to hydrolysis) is 1. The van der Waals surface area contributed by atoms with Crippen molar-refractivity contribution in [1.82, 2.24) is 21.3 Å². The molecule has 258 valence electrons. The fourth-order valence-corrected chi connectivity index (χ4v) is 4.35. The van der Waals surface area contributed by atoms with Gasteiger partial charge in [0.2, 0.25) is 5.91 Å². The van der Waals surface area contributed by atoms with Crippen molar-refractivity contribution in [3.05, 3.63) is 42.0 Å². The quantitative estimate of drug-likeness (QED) is 0.175. The van der Waals surface area contributed by atoms with E-state index >= 15 is 0 Å². The highest BCUT2D eigenvalue weighted by atomic mass is 16.6. The van der Waals surface area contributed by atoms with Crippen LogP contribution in [0.15, 0.2) is 36.4 Å². The van der Waals surface area contributed by atoms with Gasteiger partial charge in [-0.15, -0.1) is 0 Å². The number of rotatable bonds is 9. The molecule has 0 aliphatic carbocycles. The lowest BCUT2D eigenvalue weighted by atomic mass is 10.0. The average Bonchev–Trinajstić information content (AvgIpc) is 2.93. The molecule has 1 aromatic rings. The molecule has 2 aliphatic heterocycles. The van der Waals surface area contributed by atoms with Gasteiger partial charge in [-0.2, -0.15) is 0 Å². The average molecular weight is 647 g/mol. The molecule has 12 nitrogen and oxygen atoms in total. The van der Waals surface area contributed by atoms with Crippen LogP contribution in [0.25, 0.3) is 0 Å². The molecule has 3 atom stereocenters. The number of esters is 1. The second-order valence-corrected chi connectivity index (χ2v) is 13.7. The first-order chi connectivity index (χ1) is 21.5. The van der Waals surface area contributed by atoms with E-state index in [-0.39, 0.29) is 30.7 Å². The van der Waals surface area contributed by atoms with Crippen molar-refractivity contribution >= 4 is 24.0 Å². The summed E-state index contributed by atoms with van der Waals surface area (Å²) in [5.41, 5.74) is -0.563. The predicted octanol–water partition coefficient (Wildman–Crippen LogP) is 4.41. The lowest BCUT2D eigenvalue weighted by molar-refractivity contribution is -0.157. The lowest BCUT2D eigenvalue weighted by Crippen LogP contribution is -2.56. The largest absolute Gasteiger partial charge is 0.490 e. The highest BCUT2D eigenvalue weighted by Crippen LogP contribution is 2.16. The van der Waals surface area contributed by atoms with E-state index in [4.69, 9.17) is 18.9 Å². The van der Waals surface area contributed by atoms with Gasteiger partial charge in [0.05, 0.1) is 19.3 Å². The van der Waals surface area contributed by atoms with Gasteiger partial charge in [0.1, 0.15) is 35.6 Å². The van der Waals surface area contributed by atoms with E-state index in [0.717, 1.165) is 5.56 Å². The number of benzene rings is 1. The molecule has 0 saturated carbocycles. The number of ether oxygens (including phenoxy) is 4. The monoisotopic (exact) mass is 646 g/mol. The van der Waals surface area contributed by atoms with Gasteiger partial charge >= 0.3 is 18.1 Å². The van der Waals surface area contributed by atoms with Crippen LogP contribution in [0.5, 0.6) is 5.75 Å². The smallest absolute Gasteiger partial charge is 0.407 e. The second-order valence-electron chi connectivity index (χ2n) is 13.7. The number of urea groups is 1. The first-order valence-electron chi connectivity index (χ1n) is 16.0. The molecule has 2 aliphatic rings. The van der Waals surface area contributed by atoms with Gasteiger partial charge in [-0.05, 0) is 90.5 Å². The number of amides is 4. The third-order valence-corrected chi connectivity index (χ3v) is 6.73. The highest BCUT2D eigenvalue weighted by molar-refractivity contribution is 5.89. The van der Waals surface area contributed by atoms with E-state index in [1.54, 1.807) is 41.5 Å². The molecule has 12 heteroatoms. The highest BCUT2D eigenvalue weighted by Gasteiger charge is 2.30. The fraction of sp³-hybridized carbons (Fsp3) is 0.647. The summed E-state index contributed by atoms with van der Waals surface area (Å²) in [7, 11) is 0. The van der Waals surface area contributed by atoms with Crippen LogP contribution in [-0.4, -0.2) is 79.7 Å². The van der Waals surface area contributed by atoms with Crippen molar-refractivity contribution < 1.29 is 38.1 Å². The maximum absolute atomic E-state index is 13.6. The summed E-state index contributed by atoms with van der Waals surface area (Å²) in [6, 6.07) is 4.44. The molecular weight excluding hydrogens is 592 g/mol. The topological polar surface area (TPSA) is 153 Å². The van der Waals surface area contributed by atoms with Gasteiger partial charge in [-0.25, -0.2) is 14.4 Å². The number of carbonyl (C=O) groups excluding carboxylic acids is 4. The maximum Gasteiger partial charge on any atom is 0.407 e. The van der Waals surface area contributed by atoms with Gasteiger partial charge in [-0.1, -0.05) is 32.1 Å². The predicted molar refractivity (Wildman–Crippen MR) is 176 cm³/mol. The fourth-order valence-electron chi connectivity index (χ4n) is 4.35. The van der Waals surface area contributed by atoms with Gasteiger partial charge in [0, 0.05) is 13.0 Å².